The van der Waals surface area contributed by atoms with E-state index in [0.29, 0.717) is 5.82 Å². The van der Waals surface area contributed by atoms with Crippen LogP contribution in [-0.4, -0.2) is 21.0 Å². The average Bonchev–Trinajstić information content (AvgIpc) is 2.71. The van der Waals surface area contributed by atoms with Crippen LogP contribution in [0.1, 0.15) is 10.5 Å². The first-order chi connectivity index (χ1) is 6.77. The third-order valence-electron chi connectivity index (χ3n) is 1.65. The Kier molecular flexibility index (Phi) is 2.24. The van der Waals surface area contributed by atoms with Gasteiger partial charge in [0.15, 0.2) is 11.5 Å². The lowest BCUT2D eigenvalue weighted by Gasteiger charge is -1.96. The minimum absolute atomic E-state index is 0.0150. The van der Waals surface area contributed by atoms with Gasteiger partial charge in [0.2, 0.25) is 0 Å². The molecule has 0 aliphatic heterocycles. The second kappa shape index (κ2) is 3.55. The lowest BCUT2D eigenvalue weighted by atomic mass is 10.3. The second-order valence-corrected chi connectivity index (χ2v) is 3.36. The summed E-state index contributed by atoms with van der Waals surface area (Å²) < 4.78 is 0. The zero-order chi connectivity index (χ0) is 9.97. The number of hydrogen-bond donors (Lipinski definition) is 1. The summed E-state index contributed by atoms with van der Waals surface area (Å²) in [5.74, 6) is -0.588. The van der Waals surface area contributed by atoms with E-state index in [-0.39, 0.29) is 5.69 Å². The minimum atomic E-state index is -1.04. The Morgan fingerprint density at radius 1 is 1.43 bits per heavy atom. The minimum Gasteiger partial charge on any atom is -0.477 e. The zero-order valence-electron chi connectivity index (χ0n) is 7.04. The van der Waals surface area contributed by atoms with Crippen molar-refractivity contribution >= 4 is 17.3 Å². The molecule has 0 saturated heterocycles. The summed E-state index contributed by atoms with van der Waals surface area (Å²) >= 11 is 1.52. The molecule has 0 aromatic carbocycles. The van der Waals surface area contributed by atoms with Gasteiger partial charge in [0.05, 0.1) is 0 Å². The SMILES string of the molecule is O=C(O)c1ccnc(-c2ccsc2)n1. The van der Waals surface area contributed by atoms with Crippen molar-refractivity contribution in [2.24, 2.45) is 0 Å². The maximum atomic E-state index is 10.6. The van der Waals surface area contributed by atoms with E-state index in [1.807, 2.05) is 16.8 Å². The Bertz CT molecular complexity index is 454. The van der Waals surface area contributed by atoms with E-state index in [1.165, 1.54) is 23.6 Å². The predicted octanol–water partition coefficient (Wildman–Crippen LogP) is 1.90. The zero-order valence-corrected chi connectivity index (χ0v) is 7.86. The maximum absolute atomic E-state index is 10.6. The summed E-state index contributed by atoms with van der Waals surface area (Å²) in [6, 6.07) is 3.23. The number of nitrogens with zero attached hydrogens (tertiary/aromatic N) is 2. The Morgan fingerprint density at radius 2 is 2.29 bits per heavy atom. The summed E-state index contributed by atoms with van der Waals surface area (Å²) in [6.45, 7) is 0. The molecule has 0 aliphatic rings. The van der Waals surface area contributed by atoms with E-state index in [4.69, 9.17) is 5.11 Å². The Balaban J connectivity index is 2.46. The van der Waals surface area contributed by atoms with E-state index < -0.39 is 5.97 Å². The van der Waals surface area contributed by atoms with Crippen LogP contribution in [0.25, 0.3) is 11.4 Å². The van der Waals surface area contributed by atoms with Crippen molar-refractivity contribution in [3.05, 3.63) is 34.8 Å². The van der Waals surface area contributed by atoms with Crippen molar-refractivity contribution < 1.29 is 9.90 Å². The number of aromatic carboxylic acids is 1. The molecule has 0 fully saturated rings. The fourth-order valence-corrected chi connectivity index (χ4v) is 1.64. The second-order valence-electron chi connectivity index (χ2n) is 2.58. The number of carboxylic acid groups (broad SMARTS) is 1. The summed E-state index contributed by atoms with van der Waals surface area (Å²) in [7, 11) is 0. The molecule has 0 spiro atoms. The van der Waals surface area contributed by atoms with Crippen molar-refractivity contribution in [3.63, 3.8) is 0 Å². The maximum Gasteiger partial charge on any atom is 0.354 e. The van der Waals surface area contributed by atoms with Gasteiger partial charge in [-0.2, -0.15) is 11.3 Å². The Labute approximate surface area is 83.9 Å². The predicted molar refractivity (Wildman–Crippen MR) is 52.3 cm³/mol. The lowest BCUT2D eigenvalue weighted by molar-refractivity contribution is 0.0690. The van der Waals surface area contributed by atoms with Gasteiger partial charge in [-0.05, 0) is 17.5 Å². The van der Waals surface area contributed by atoms with Gasteiger partial charge < -0.3 is 5.11 Å². The molecule has 2 heterocycles. The molecule has 2 rings (SSSR count). The average molecular weight is 206 g/mol. The van der Waals surface area contributed by atoms with Crippen LogP contribution in [0.4, 0.5) is 0 Å². The highest BCUT2D eigenvalue weighted by atomic mass is 32.1. The smallest absolute Gasteiger partial charge is 0.354 e. The lowest BCUT2D eigenvalue weighted by Crippen LogP contribution is -2.01. The number of hydrogen-bond acceptors (Lipinski definition) is 4. The molecule has 4 nitrogen and oxygen atoms in total. The fraction of sp³-hybridized carbons (Fsp3) is 0. The van der Waals surface area contributed by atoms with Crippen LogP contribution in [0.5, 0.6) is 0 Å². The molecule has 0 saturated carbocycles. The van der Waals surface area contributed by atoms with E-state index in [0.717, 1.165) is 5.56 Å². The van der Waals surface area contributed by atoms with Crippen molar-refractivity contribution in [2.45, 2.75) is 0 Å². The highest BCUT2D eigenvalue weighted by Crippen LogP contribution is 2.17. The van der Waals surface area contributed by atoms with Gasteiger partial charge in [-0.3, -0.25) is 0 Å². The van der Waals surface area contributed by atoms with Crippen molar-refractivity contribution in [1.29, 1.82) is 0 Å². The summed E-state index contributed by atoms with van der Waals surface area (Å²) in [6.07, 6.45) is 1.45. The van der Waals surface area contributed by atoms with Crippen LogP contribution in [0.2, 0.25) is 0 Å². The van der Waals surface area contributed by atoms with Crippen LogP contribution in [0, 0.1) is 0 Å². The Hall–Kier alpha value is -1.75. The van der Waals surface area contributed by atoms with Gasteiger partial charge >= 0.3 is 5.97 Å². The molecule has 0 amide bonds. The largest absolute Gasteiger partial charge is 0.477 e. The van der Waals surface area contributed by atoms with Gasteiger partial charge in [-0.25, -0.2) is 14.8 Å². The summed E-state index contributed by atoms with van der Waals surface area (Å²) in [5.41, 5.74) is 0.860. The summed E-state index contributed by atoms with van der Waals surface area (Å²) in [4.78, 5) is 18.5. The molecule has 0 aliphatic carbocycles. The van der Waals surface area contributed by atoms with Crippen LogP contribution in [0.3, 0.4) is 0 Å². The molecule has 2 aromatic heterocycles. The first kappa shape index (κ1) is 8.83. The highest BCUT2D eigenvalue weighted by Gasteiger charge is 2.07. The first-order valence-electron chi connectivity index (χ1n) is 3.86. The van der Waals surface area contributed by atoms with E-state index >= 15 is 0 Å². The molecule has 1 N–H and O–H groups in total. The van der Waals surface area contributed by atoms with Gasteiger partial charge in [0.25, 0.3) is 0 Å². The standard InChI is InChI=1S/C9H6N2O2S/c12-9(13)7-1-3-10-8(11-7)6-2-4-14-5-6/h1-5H,(H,12,13). The molecular weight excluding hydrogens is 200 g/mol. The van der Waals surface area contributed by atoms with Crippen LogP contribution in [0.15, 0.2) is 29.1 Å². The molecule has 5 heteroatoms. The van der Waals surface area contributed by atoms with E-state index in [1.54, 1.807) is 0 Å². The molecule has 70 valence electrons. The van der Waals surface area contributed by atoms with Gasteiger partial charge in [-0.15, -0.1) is 0 Å². The van der Waals surface area contributed by atoms with E-state index in [2.05, 4.69) is 9.97 Å². The first-order valence-corrected chi connectivity index (χ1v) is 4.80. The molecule has 0 radical (unpaired) electrons. The van der Waals surface area contributed by atoms with Gasteiger partial charge in [-0.1, -0.05) is 0 Å². The summed E-state index contributed by atoms with van der Waals surface area (Å²) in [5, 5.41) is 12.5. The van der Waals surface area contributed by atoms with Crippen LogP contribution < -0.4 is 0 Å². The molecular formula is C9H6N2O2S. The van der Waals surface area contributed by atoms with Crippen LogP contribution in [-0.2, 0) is 0 Å². The normalized spacial score (nSPS) is 10.0. The molecule has 0 unspecified atom stereocenters. The Morgan fingerprint density at radius 3 is 2.93 bits per heavy atom. The highest BCUT2D eigenvalue weighted by molar-refractivity contribution is 7.08. The number of carboxylic acids is 1. The number of rotatable bonds is 2. The van der Waals surface area contributed by atoms with Gasteiger partial charge in [0.1, 0.15) is 0 Å². The molecule has 14 heavy (non-hydrogen) atoms. The quantitative estimate of drug-likeness (QED) is 0.815. The number of carbonyl (C=O) groups is 1. The van der Waals surface area contributed by atoms with E-state index in [9.17, 15) is 4.79 Å². The van der Waals surface area contributed by atoms with Crippen molar-refractivity contribution in [2.75, 3.05) is 0 Å². The van der Waals surface area contributed by atoms with Crippen LogP contribution >= 0.6 is 11.3 Å². The number of aromatic nitrogens is 2. The molecule has 2 aromatic rings. The molecule has 0 atom stereocenters. The van der Waals surface area contributed by atoms with Crippen molar-refractivity contribution in [1.82, 2.24) is 9.97 Å². The molecule has 0 bridgehead atoms. The third-order valence-corrected chi connectivity index (χ3v) is 2.34. The monoisotopic (exact) mass is 206 g/mol. The number of thiophene rings is 1. The van der Waals surface area contributed by atoms with Crippen molar-refractivity contribution in [3.8, 4) is 11.4 Å². The topological polar surface area (TPSA) is 63.1 Å². The third kappa shape index (κ3) is 1.62. The van der Waals surface area contributed by atoms with Gasteiger partial charge in [0, 0.05) is 17.1 Å². The fourth-order valence-electron chi connectivity index (χ4n) is 1.01.